The van der Waals surface area contributed by atoms with Gasteiger partial charge in [-0.05, 0) is 106 Å². The molecule has 5 nitrogen and oxygen atoms in total. The fourth-order valence-corrected chi connectivity index (χ4v) is 12.9. The molecule has 0 aliphatic heterocycles. The second kappa shape index (κ2) is 15.4. The van der Waals surface area contributed by atoms with E-state index in [9.17, 15) is 0 Å². The first-order chi connectivity index (χ1) is 34.7. The van der Waals surface area contributed by atoms with Crippen LogP contribution in [-0.2, 0) is 0 Å². The zero-order chi connectivity index (χ0) is 45.9. The molecule has 15 rings (SSSR count). The summed E-state index contributed by atoms with van der Waals surface area (Å²) in [5, 5.41) is 9.70. The Labute approximate surface area is 409 Å². The second-order valence-corrected chi connectivity index (χ2v) is 20.1. The molecule has 0 atom stereocenters. The van der Waals surface area contributed by atoms with Crippen molar-refractivity contribution in [2.24, 2.45) is 0 Å². The van der Waals surface area contributed by atoms with Crippen molar-refractivity contribution in [3.8, 4) is 56.7 Å². The standard InChI is InChI=1S/C63H37N5S2/c1-2-14-38(15-3-1)43-16-4-5-21-48(43)61-64-62(67-53-22-10-6-17-44(53)49-34-39(26-30-55(49)67)41-28-32-59-51(36-41)46-19-8-12-24-57(46)69-59)66-63(65-61)68-54-23-11-7-18-45(54)50-35-40(27-31-56(50)68)42-29-33-60-52(37-42)47-20-9-13-25-58(47)70-60/h1-37H. The Morgan fingerprint density at radius 2 is 0.643 bits per heavy atom. The summed E-state index contributed by atoms with van der Waals surface area (Å²) >= 11 is 3.69. The van der Waals surface area contributed by atoms with Gasteiger partial charge < -0.3 is 0 Å². The maximum absolute atomic E-state index is 5.53. The van der Waals surface area contributed by atoms with E-state index < -0.39 is 0 Å². The molecule has 326 valence electrons. The van der Waals surface area contributed by atoms with E-state index >= 15 is 0 Å². The third-order valence-electron chi connectivity index (χ3n) is 14.0. The summed E-state index contributed by atoms with van der Waals surface area (Å²) in [6.07, 6.45) is 0. The van der Waals surface area contributed by atoms with Crippen LogP contribution in [0.1, 0.15) is 0 Å². The zero-order valence-electron chi connectivity index (χ0n) is 37.4. The van der Waals surface area contributed by atoms with E-state index in [-0.39, 0.29) is 0 Å². The number of rotatable bonds is 6. The van der Waals surface area contributed by atoms with E-state index in [1.165, 1.54) is 51.5 Å². The quantitative estimate of drug-likeness (QED) is 0.167. The van der Waals surface area contributed by atoms with Gasteiger partial charge in [-0.25, -0.2) is 0 Å². The van der Waals surface area contributed by atoms with Crippen molar-refractivity contribution in [2.75, 3.05) is 0 Å². The number of aromatic nitrogens is 5. The van der Waals surface area contributed by atoms with Crippen LogP contribution in [0.5, 0.6) is 0 Å². The molecule has 5 heterocycles. The topological polar surface area (TPSA) is 48.5 Å². The van der Waals surface area contributed by atoms with E-state index in [2.05, 4.69) is 234 Å². The van der Waals surface area contributed by atoms with Gasteiger partial charge >= 0.3 is 0 Å². The SMILES string of the molecule is c1ccc(-c2ccccc2-c2nc(-n3c4ccccc4c4cc(-c5ccc6sc7ccccc7c6c5)ccc43)nc(-n3c4ccccc4c4cc(-c5ccc6sc7ccccc7c6c5)ccc43)n2)cc1. The molecule has 0 unspecified atom stereocenters. The van der Waals surface area contributed by atoms with Crippen molar-refractivity contribution in [3.05, 3.63) is 224 Å². The van der Waals surface area contributed by atoms with Crippen LogP contribution in [0.3, 0.4) is 0 Å². The molecule has 7 heteroatoms. The highest BCUT2D eigenvalue weighted by Crippen LogP contribution is 2.42. The lowest BCUT2D eigenvalue weighted by atomic mass is 9.99. The van der Waals surface area contributed by atoms with Gasteiger partial charge in [0.15, 0.2) is 5.82 Å². The number of hydrogen-bond donors (Lipinski definition) is 0. The van der Waals surface area contributed by atoms with Crippen LogP contribution in [0.25, 0.3) is 141 Å². The summed E-state index contributed by atoms with van der Waals surface area (Å²) in [6.45, 7) is 0. The van der Waals surface area contributed by atoms with Gasteiger partial charge in [-0.1, -0.05) is 152 Å². The largest absolute Gasteiger partial charge is 0.278 e. The van der Waals surface area contributed by atoms with Crippen LogP contribution in [0, 0.1) is 0 Å². The van der Waals surface area contributed by atoms with E-state index in [1.807, 2.05) is 22.7 Å². The molecular formula is C63H37N5S2. The van der Waals surface area contributed by atoms with Crippen LogP contribution in [0.4, 0.5) is 0 Å². The third kappa shape index (κ3) is 6.05. The average Bonchev–Trinajstić information content (AvgIpc) is 4.18. The monoisotopic (exact) mass is 927 g/mol. The van der Waals surface area contributed by atoms with Gasteiger partial charge in [0, 0.05) is 67.5 Å². The molecule has 0 aliphatic rings. The summed E-state index contributed by atoms with van der Waals surface area (Å²) in [5.41, 5.74) is 11.9. The smallest absolute Gasteiger partial charge is 0.240 e. The first-order valence-corrected chi connectivity index (χ1v) is 25.1. The summed E-state index contributed by atoms with van der Waals surface area (Å²) in [6, 6.07) is 80.9. The van der Waals surface area contributed by atoms with Crippen LogP contribution in [0.2, 0.25) is 0 Å². The predicted octanol–water partition coefficient (Wildman–Crippen LogP) is 17.5. The zero-order valence-corrected chi connectivity index (χ0v) is 39.0. The summed E-state index contributed by atoms with van der Waals surface area (Å²) in [7, 11) is 0. The van der Waals surface area contributed by atoms with Crippen molar-refractivity contribution in [2.45, 2.75) is 0 Å². The molecule has 0 amide bonds. The molecule has 0 saturated carbocycles. The van der Waals surface area contributed by atoms with Crippen molar-refractivity contribution in [1.29, 1.82) is 0 Å². The highest BCUT2D eigenvalue weighted by Gasteiger charge is 2.23. The molecule has 10 aromatic carbocycles. The first kappa shape index (κ1) is 39.3. The summed E-state index contributed by atoms with van der Waals surface area (Å²) in [5.74, 6) is 1.69. The molecule has 0 fully saturated rings. The van der Waals surface area contributed by atoms with Crippen LogP contribution < -0.4 is 0 Å². The lowest BCUT2D eigenvalue weighted by Gasteiger charge is -2.14. The Morgan fingerprint density at radius 3 is 1.17 bits per heavy atom. The number of thiophene rings is 2. The van der Waals surface area contributed by atoms with Crippen molar-refractivity contribution in [1.82, 2.24) is 24.1 Å². The highest BCUT2D eigenvalue weighted by molar-refractivity contribution is 7.26. The van der Waals surface area contributed by atoms with Gasteiger partial charge in [-0.3, -0.25) is 9.13 Å². The number of nitrogens with zero attached hydrogens (tertiary/aromatic N) is 5. The van der Waals surface area contributed by atoms with Gasteiger partial charge in [-0.15, -0.1) is 22.7 Å². The maximum atomic E-state index is 5.53. The highest BCUT2D eigenvalue weighted by atomic mass is 32.1. The van der Waals surface area contributed by atoms with E-state index in [1.54, 1.807) is 0 Å². The number of fused-ring (bicyclic) bond motifs is 12. The molecule has 0 spiro atoms. The predicted molar refractivity (Wildman–Crippen MR) is 296 cm³/mol. The molecule has 70 heavy (non-hydrogen) atoms. The maximum Gasteiger partial charge on any atom is 0.240 e. The Morgan fingerprint density at radius 1 is 0.257 bits per heavy atom. The Bertz CT molecular complexity index is 4360. The number of benzene rings is 10. The fraction of sp³-hybridized carbons (Fsp3) is 0. The van der Waals surface area contributed by atoms with Crippen molar-refractivity contribution >= 4 is 107 Å². The Hall–Kier alpha value is -8.75. The van der Waals surface area contributed by atoms with E-state index in [0.717, 1.165) is 71.4 Å². The Kier molecular flexibility index (Phi) is 8.63. The molecule has 5 aromatic heterocycles. The van der Waals surface area contributed by atoms with E-state index in [0.29, 0.717) is 17.7 Å². The molecule has 0 bridgehead atoms. The van der Waals surface area contributed by atoms with Crippen LogP contribution in [-0.4, -0.2) is 24.1 Å². The fourth-order valence-electron chi connectivity index (χ4n) is 10.8. The minimum atomic E-state index is 0.548. The van der Waals surface area contributed by atoms with Gasteiger partial charge in [-0.2, -0.15) is 15.0 Å². The van der Waals surface area contributed by atoms with Crippen molar-refractivity contribution < 1.29 is 0 Å². The second-order valence-electron chi connectivity index (χ2n) is 18.0. The van der Waals surface area contributed by atoms with Crippen molar-refractivity contribution in [3.63, 3.8) is 0 Å². The molecule has 0 N–H and O–H groups in total. The molecule has 0 radical (unpaired) electrons. The molecular weight excluding hydrogens is 891 g/mol. The number of para-hydroxylation sites is 2. The summed E-state index contributed by atoms with van der Waals surface area (Å²) in [4.78, 5) is 16.5. The van der Waals surface area contributed by atoms with E-state index in [4.69, 9.17) is 15.0 Å². The van der Waals surface area contributed by atoms with Gasteiger partial charge in [0.25, 0.3) is 0 Å². The van der Waals surface area contributed by atoms with Crippen LogP contribution in [0.15, 0.2) is 224 Å². The number of hydrogen-bond acceptors (Lipinski definition) is 5. The first-order valence-electron chi connectivity index (χ1n) is 23.5. The third-order valence-corrected chi connectivity index (χ3v) is 16.3. The summed E-state index contributed by atoms with van der Waals surface area (Å²) < 4.78 is 9.66. The molecule has 15 aromatic rings. The van der Waals surface area contributed by atoms with Gasteiger partial charge in [0.05, 0.1) is 22.1 Å². The van der Waals surface area contributed by atoms with Crippen LogP contribution >= 0.6 is 22.7 Å². The van der Waals surface area contributed by atoms with Gasteiger partial charge in [0.2, 0.25) is 11.9 Å². The Balaban J connectivity index is 0.954. The average molecular weight is 928 g/mol. The normalized spacial score (nSPS) is 12.0. The van der Waals surface area contributed by atoms with Gasteiger partial charge in [0.1, 0.15) is 0 Å². The minimum absolute atomic E-state index is 0.548. The molecule has 0 aliphatic carbocycles. The lowest BCUT2D eigenvalue weighted by Crippen LogP contribution is -2.10. The minimum Gasteiger partial charge on any atom is -0.278 e. The molecule has 0 saturated heterocycles. The lowest BCUT2D eigenvalue weighted by molar-refractivity contribution is 0.893.